The van der Waals surface area contributed by atoms with Crippen LogP contribution in [0.5, 0.6) is 11.5 Å². The molecular formula is C14H20F2N2O3. The number of benzene rings is 1. The van der Waals surface area contributed by atoms with Crippen LogP contribution in [-0.4, -0.2) is 32.7 Å². The molecule has 0 saturated carbocycles. The molecule has 0 bridgehead atoms. The maximum Gasteiger partial charge on any atom is 0.387 e. The van der Waals surface area contributed by atoms with E-state index in [1.807, 2.05) is 0 Å². The Morgan fingerprint density at radius 1 is 1.38 bits per heavy atom. The molecule has 0 aliphatic carbocycles. The molecule has 0 saturated heterocycles. The second-order valence-electron chi connectivity index (χ2n) is 4.54. The number of nitrogens with one attached hydrogen (secondary N) is 1. The molecule has 1 unspecified atom stereocenters. The molecule has 0 aromatic heterocycles. The number of hydrogen-bond acceptors (Lipinski definition) is 4. The van der Waals surface area contributed by atoms with Crippen LogP contribution in [0.1, 0.15) is 12.5 Å². The predicted octanol–water partition coefficient (Wildman–Crippen LogP) is 1.55. The number of amides is 1. The molecule has 3 N–H and O–H groups in total. The van der Waals surface area contributed by atoms with Crippen LogP contribution < -0.4 is 20.5 Å². The highest BCUT2D eigenvalue weighted by Crippen LogP contribution is 2.29. The van der Waals surface area contributed by atoms with E-state index in [0.29, 0.717) is 13.0 Å². The molecule has 21 heavy (non-hydrogen) atoms. The summed E-state index contributed by atoms with van der Waals surface area (Å²) in [5.74, 6) is -0.167. The van der Waals surface area contributed by atoms with E-state index >= 15 is 0 Å². The van der Waals surface area contributed by atoms with Gasteiger partial charge in [-0.25, -0.2) is 0 Å². The fourth-order valence-corrected chi connectivity index (χ4v) is 1.68. The van der Waals surface area contributed by atoms with Gasteiger partial charge in [0.05, 0.1) is 7.11 Å². The van der Waals surface area contributed by atoms with Gasteiger partial charge in [0.15, 0.2) is 11.5 Å². The van der Waals surface area contributed by atoms with Crippen LogP contribution in [0, 0.1) is 5.92 Å². The number of halogens is 2. The van der Waals surface area contributed by atoms with Gasteiger partial charge in [-0.15, -0.1) is 0 Å². The third-order valence-electron chi connectivity index (χ3n) is 2.96. The molecule has 0 aliphatic rings. The summed E-state index contributed by atoms with van der Waals surface area (Å²) >= 11 is 0. The molecular weight excluding hydrogens is 282 g/mol. The summed E-state index contributed by atoms with van der Waals surface area (Å²) in [6.07, 6.45) is 0.493. The highest BCUT2D eigenvalue weighted by Gasteiger charge is 2.12. The van der Waals surface area contributed by atoms with Crippen molar-refractivity contribution >= 4 is 5.91 Å². The summed E-state index contributed by atoms with van der Waals surface area (Å²) in [6, 6.07) is 4.76. The molecule has 7 heteroatoms. The van der Waals surface area contributed by atoms with Crippen molar-refractivity contribution in [2.24, 2.45) is 11.7 Å². The summed E-state index contributed by atoms with van der Waals surface area (Å²) in [5, 5.41) is 2.73. The lowest BCUT2D eigenvalue weighted by atomic mass is 10.1. The van der Waals surface area contributed by atoms with Crippen LogP contribution in [0.2, 0.25) is 0 Å². The molecule has 0 heterocycles. The predicted molar refractivity (Wildman–Crippen MR) is 74.6 cm³/mol. The van der Waals surface area contributed by atoms with Crippen molar-refractivity contribution in [3.8, 4) is 11.5 Å². The molecule has 1 aromatic rings. The first kappa shape index (κ1) is 17.2. The second kappa shape index (κ2) is 8.41. The molecule has 1 rings (SSSR count). The number of methoxy groups -OCH3 is 1. The van der Waals surface area contributed by atoms with E-state index in [4.69, 9.17) is 10.5 Å². The van der Waals surface area contributed by atoms with E-state index in [-0.39, 0.29) is 29.9 Å². The maximum atomic E-state index is 12.3. The minimum atomic E-state index is -2.92. The van der Waals surface area contributed by atoms with Gasteiger partial charge in [-0.1, -0.05) is 13.0 Å². The van der Waals surface area contributed by atoms with E-state index in [1.54, 1.807) is 19.1 Å². The maximum absolute atomic E-state index is 12.3. The lowest BCUT2D eigenvalue weighted by Gasteiger charge is -2.12. The van der Waals surface area contributed by atoms with Crippen molar-refractivity contribution in [1.29, 1.82) is 0 Å². The Morgan fingerprint density at radius 3 is 2.67 bits per heavy atom. The number of rotatable bonds is 8. The first-order valence-corrected chi connectivity index (χ1v) is 6.57. The zero-order valence-electron chi connectivity index (χ0n) is 12.1. The number of alkyl halides is 2. The van der Waals surface area contributed by atoms with Crippen molar-refractivity contribution < 1.29 is 23.0 Å². The zero-order valence-corrected chi connectivity index (χ0v) is 12.1. The molecule has 118 valence electrons. The lowest BCUT2D eigenvalue weighted by Crippen LogP contribution is -2.34. The average molecular weight is 302 g/mol. The largest absolute Gasteiger partial charge is 0.493 e. The van der Waals surface area contributed by atoms with E-state index in [9.17, 15) is 13.6 Å². The third-order valence-corrected chi connectivity index (χ3v) is 2.96. The van der Waals surface area contributed by atoms with Crippen LogP contribution in [0.15, 0.2) is 18.2 Å². The van der Waals surface area contributed by atoms with Crippen molar-refractivity contribution in [2.75, 3.05) is 20.2 Å². The van der Waals surface area contributed by atoms with E-state index in [2.05, 4.69) is 10.1 Å². The molecule has 0 spiro atoms. The molecule has 1 aromatic carbocycles. The van der Waals surface area contributed by atoms with Gasteiger partial charge >= 0.3 is 6.61 Å². The molecule has 0 fully saturated rings. The molecule has 0 radical (unpaired) electrons. The van der Waals surface area contributed by atoms with Crippen molar-refractivity contribution in [3.63, 3.8) is 0 Å². The summed E-state index contributed by atoms with van der Waals surface area (Å²) in [4.78, 5) is 11.5. The Balaban J connectivity index is 2.61. The van der Waals surface area contributed by atoms with Crippen molar-refractivity contribution in [1.82, 2.24) is 5.32 Å². The first-order valence-electron chi connectivity index (χ1n) is 6.57. The van der Waals surface area contributed by atoms with Crippen LogP contribution in [0.25, 0.3) is 0 Å². The van der Waals surface area contributed by atoms with Crippen molar-refractivity contribution in [3.05, 3.63) is 23.8 Å². The standard InChI is InChI=1S/C14H20F2N2O3/c1-9(8-17)13(19)18-6-5-10-3-4-11(20-2)12(7-10)21-14(15)16/h3-4,7,9,14H,5-6,8,17H2,1-2H3,(H,18,19). The first-order chi connectivity index (χ1) is 9.97. The number of carbonyl (C=O) groups is 1. The summed E-state index contributed by atoms with van der Waals surface area (Å²) in [7, 11) is 1.38. The van der Waals surface area contributed by atoms with Gasteiger partial charge in [0, 0.05) is 19.0 Å². The van der Waals surface area contributed by atoms with Crippen molar-refractivity contribution in [2.45, 2.75) is 20.0 Å². The summed E-state index contributed by atoms with van der Waals surface area (Å²) < 4.78 is 34.0. The minimum Gasteiger partial charge on any atom is -0.493 e. The molecule has 1 atom stereocenters. The van der Waals surface area contributed by atoms with E-state index in [0.717, 1.165) is 5.56 Å². The van der Waals surface area contributed by atoms with Gasteiger partial charge < -0.3 is 20.5 Å². The number of carbonyl (C=O) groups excluding carboxylic acids is 1. The topological polar surface area (TPSA) is 73.6 Å². The normalized spacial score (nSPS) is 12.1. The van der Waals surface area contributed by atoms with E-state index < -0.39 is 6.61 Å². The van der Waals surface area contributed by atoms with Gasteiger partial charge in [0.25, 0.3) is 0 Å². The summed E-state index contributed by atoms with van der Waals surface area (Å²) in [5.41, 5.74) is 6.15. The monoisotopic (exact) mass is 302 g/mol. The lowest BCUT2D eigenvalue weighted by molar-refractivity contribution is -0.124. The van der Waals surface area contributed by atoms with Crippen LogP contribution in [0.3, 0.4) is 0 Å². The van der Waals surface area contributed by atoms with Crippen LogP contribution >= 0.6 is 0 Å². The van der Waals surface area contributed by atoms with Crippen LogP contribution in [0.4, 0.5) is 8.78 Å². The van der Waals surface area contributed by atoms with Gasteiger partial charge in [-0.2, -0.15) is 8.78 Å². The van der Waals surface area contributed by atoms with Gasteiger partial charge in [-0.3, -0.25) is 4.79 Å². The highest BCUT2D eigenvalue weighted by molar-refractivity contribution is 5.78. The van der Waals surface area contributed by atoms with E-state index in [1.165, 1.54) is 13.2 Å². The molecule has 5 nitrogen and oxygen atoms in total. The average Bonchev–Trinajstić information content (AvgIpc) is 2.46. The quantitative estimate of drug-likeness (QED) is 0.764. The Labute approximate surface area is 122 Å². The Hall–Kier alpha value is -1.89. The smallest absolute Gasteiger partial charge is 0.387 e. The van der Waals surface area contributed by atoms with Crippen LogP contribution in [-0.2, 0) is 11.2 Å². The van der Waals surface area contributed by atoms with Gasteiger partial charge in [0.2, 0.25) is 5.91 Å². The Morgan fingerprint density at radius 2 is 2.10 bits per heavy atom. The molecule has 0 aliphatic heterocycles. The highest BCUT2D eigenvalue weighted by atomic mass is 19.3. The third kappa shape index (κ3) is 5.55. The van der Waals surface area contributed by atoms with Gasteiger partial charge in [-0.05, 0) is 24.1 Å². The Kier molecular flexibility index (Phi) is 6.87. The number of ether oxygens (including phenoxy) is 2. The minimum absolute atomic E-state index is 0.0216. The summed E-state index contributed by atoms with van der Waals surface area (Å²) in [6.45, 7) is -0.513. The Bertz CT molecular complexity index is 470. The molecule has 1 amide bonds. The van der Waals surface area contributed by atoms with Gasteiger partial charge in [0.1, 0.15) is 0 Å². The number of hydrogen-bond donors (Lipinski definition) is 2. The SMILES string of the molecule is COc1ccc(CCNC(=O)C(C)CN)cc1OC(F)F. The second-order valence-corrected chi connectivity index (χ2v) is 4.54. The fourth-order valence-electron chi connectivity index (χ4n) is 1.68. The number of nitrogens with two attached hydrogens (primary N) is 1. The zero-order chi connectivity index (χ0) is 15.8. The fraction of sp³-hybridized carbons (Fsp3) is 0.500.